The molecule has 0 heterocycles. The zero-order valence-electron chi connectivity index (χ0n) is 17.1. The molecule has 0 aromatic rings. The Balaban J connectivity index is -0.00000242. The van der Waals surface area contributed by atoms with Crippen molar-refractivity contribution >= 4 is 24.8 Å². The van der Waals surface area contributed by atoms with Gasteiger partial charge < -0.3 is 11.5 Å². The van der Waals surface area contributed by atoms with Crippen LogP contribution in [0.25, 0.3) is 0 Å². The molecule has 0 bridgehead atoms. The minimum Gasteiger partial charge on any atom is -0.327 e. The maximum atomic E-state index is 5.95. The lowest BCUT2D eigenvalue weighted by atomic mass is 10.0. The standard InChI is InChI=1S/C21H46N2.2ClH/c1-3-4-5-6-7-8-9-10-11-12-13-14-15-16-17-18-19-21(23)20(2)22;;/h20-21H,3-19,22-23H2,1-2H3;2*1H. The van der Waals surface area contributed by atoms with Gasteiger partial charge in [0, 0.05) is 12.1 Å². The molecule has 0 aliphatic heterocycles. The average molecular weight is 400 g/mol. The summed E-state index contributed by atoms with van der Waals surface area (Å²) in [4.78, 5) is 0. The van der Waals surface area contributed by atoms with Gasteiger partial charge in [0.25, 0.3) is 0 Å². The molecule has 0 aromatic carbocycles. The third kappa shape index (κ3) is 24.5. The van der Waals surface area contributed by atoms with E-state index in [4.69, 9.17) is 11.5 Å². The van der Waals surface area contributed by atoms with Crippen LogP contribution in [0.3, 0.4) is 0 Å². The SMILES string of the molecule is CCCCCCCCCCCCCCCCCCC(N)C(C)N.Cl.Cl. The second-order valence-electron chi connectivity index (χ2n) is 7.61. The van der Waals surface area contributed by atoms with Gasteiger partial charge in [-0.3, -0.25) is 0 Å². The molecule has 4 N–H and O–H groups in total. The molecule has 0 aliphatic rings. The van der Waals surface area contributed by atoms with Crippen LogP contribution in [-0.2, 0) is 0 Å². The Hall–Kier alpha value is 0.500. The van der Waals surface area contributed by atoms with Gasteiger partial charge >= 0.3 is 0 Å². The smallest absolute Gasteiger partial charge is 0.0189 e. The molecule has 0 aromatic heterocycles. The van der Waals surface area contributed by atoms with Crippen LogP contribution >= 0.6 is 24.8 Å². The van der Waals surface area contributed by atoms with E-state index in [2.05, 4.69) is 6.92 Å². The highest BCUT2D eigenvalue weighted by atomic mass is 35.5. The second-order valence-corrected chi connectivity index (χ2v) is 7.61. The van der Waals surface area contributed by atoms with E-state index in [1.54, 1.807) is 0 Å². The number of nitrogens with two attached hydrogens (primary N) is 2. The highest BCUT2D eigenvalue weighted by molar-refractivity contribution is 5.85. The van der Waals surface area contributed by atoms with Gasteiger partial charge in [-0.05, 0) is 13.3 Å². The molecule has 0 amide bonds. The first-order valence-corrected chi connectivity index (χ1v) is 10.7. The summed E-state index contributed by atoms with van der Waals surface area (Å²) in [5, 5.41) is 0. The molecule has 0 saturated heterocycles. The van der Waals surface area contributed by atoms with E-state index in [0.717, 1.165) is 6.42 Å². The third-order valence-corrected chi connectivity index (χ3v) is 5.07. The number of rotatable bonds is 18. The summed E-state index contributed by atoms with van der Waals surface area (Å²) >= 11 is 0. The molecular weight excluding hydrogens is 351 g/mol. The van der Waals surface area contributed by atoms with Crippen molar-refractivity contribution in [3.8, 4) is 0 Å². The Morgan fingerprint density at radius 2 is 0.800 bits per heavy atom. The summed E-state index contributed by atoms with van der Waals surface area (Å²) in [6, 6.07) is 0.341. The van der Waals surface area contributed by atoms with Crippen molar-refractivity contribution in [3.63, 3.8) is 0 Å². The zero-order valence-corrected chi connectivity index (χ0v) is 18.8. The highest BCUT2D eigenvalue weighted by Crippen LogP contribution is 2.14. The first-order chi connectivity index (χ1) is 11.2. The molecule has 156 valence electrons. The van der Waals surface area contributed by atoms with Crippen LogP contribution in [0.15, 0.2) is 0 Å². The maximum Gasteiger partial charge on any atom is 0.0189 e. The van der Waals surface area contributed by atoms with Crippen LogP contribution in [0.5, 0.6) is 0 Å². The van der Waals surface area contributed by atoms with E-state index in [0.29, 0.717) is 0 Å². The van der Waals surface area contributed by atoms with Crippen molar-refractivity contribution in [1.82, 2.24) is 0 Å². The fraction of sp³-hybridized carbons (Fsp3) is 1.00. The van der Waals surface area contributed by atoms with E-state index >= 15 is 0 Å². The Morgan fingerprint density at radius 3 is 1.08 bits per heavy atom. The fourth-order valence-electron chi connectivity index (χ4n) is 3.19. The van der Waals surface area contributed by atoms with Crippen LogP contribution in [0.4, 0.5) is 0 Å². The molecule has 0 aliphatic carbocycles. The number of halogens is 2. The molecule has 0 fully saturated rings. The van der Waals surface area contributed by atoms with Gasteiger partial charge in [0.05, 0.1) is 0 Å². The summed E-state index contributed by atoms with van der Waals surface area (Å²) in [6.45, 7) is 4.30. The molecule has 0 spiro atoms. The summed E-state index contributed by atoms with van der Waals surface area (Å²) in [6.07, 6.45) is 23.8. The van der Waals surface area contributed by atoms with E-state index in [-0.39, 0.29) is 36.9 Å². The van der Waals surface area contributed by atoms with E-state index in [1.807, 2.05) is 6.92 Å². The van der Waals surface area contributed by atoms with Gasteiger partial charge in [-0.25, -0.2) is 0 Å². The Kier molecular flexibility index (Phi) is 29.6. The highest BCUT2D eigenvalue weighted by Gasteiger charge is 2.06. The van der Waals surface area contributed by atoms with E-state index in [9.17, 15) is 0 Å². The fourth-order valence-corrected chi connectivity index (χ4v) is 3.19. The summed E-state index contributed by atoms with van der Waals surface area (Å²) in [7, 11) is 0. The lowest BCUT2D eigenvalue weighted by molar-refractivity contribution is 0.480. The van der Waals surface area contributed by atoms with Crippen molar-refractivity contribution in [3.05, 3.63) is 0 Å². The van der Waals surface area contributed by atoms with Crippen molar-refractivity contribution in [1.29, 1.82) is 0 Å². The predicted octanol–water partition coefficient (Wildman–Crippen LogP) is 7.16. The maximum absolute atomic E-state index is 5.95. The second kappa shape index (κ2) is 24.5. The zero-order chi connectivity index (χ0) is 17.2. The third-order valence-electron chi connectivity index (χ3n) is 5.07. The van der Waals surface area contributed by atoms with Crippen molar-refractivity contribution in [2.24, 2.45) is 11.5 Å². The van der Waals surface area contributed by atoms with Gasteiger partial charge in [0.15, 0.2) is 0 Å². The number of unbranched alkanes of at least 4 members (excludes halogenated alkanes) is 15. The summed E-state index contributed by atoms with van der Waals surface area (Å²) in [5.74, 6) is 0. The molecule has 0 radical (unpaired) electrons. The Morgan fingerprint density at radius 1 is 0.520 bits per heavy atom. The largest absolute Gasteiger partial charge is 0.327 e. The summed E-state index contributed by atoms with van der Waals surface area (Å²) in [5.41, 5.74) is 11.7. The normalized spacial score (nSPS) is 13.0. The van der Waals surface area contributed by atoms with Crippen LogP contribution in [-0.4, -0.2) is 12.1 Å². The minimum absolute atomic E-state index is 0. The van der Waals surface area contributed by atoms with E-state index in [1.165, 1.54) is 103 Å². The molecule has 0 saturated carbocycles. The molecule has 2 unspecified atom stereocenters. The van der Waals surface area contributed by atoms with Crippen molar-refractivity contribution in [2.75, 3.05) is 0 Å². The van der Waals surface area contributed by atoms with Crippen molar-refractivity contribution < 1.29 is 0 Å². The Labute approximate surface area is 171 Å². The lowest BCUT2D eigenvalue weighted by Crippen LogP contribution is -2.38. The summed E-state index contributed by atoms with van der Waals surface area (Å²) < 4.78 is 0. The van der Waals surface area contributed by atoms with E-state index < -0.39 is 0 Å². The molecule has 2 nitrogen and oxygen atoms in total. The monoisotopic (exact) mass is 398 g/mol. The number of hydrogen-bond donors (Lipinski definition) is 2. The van der Waals surface area contributed by atoms with Crippen molar-refractivity contribution in [2.45, 2.75) is 135 Å². The minimum atomic E-state index is 0. The van der Waals surface area contributed by atoms with Crippen LogP contribution in [0, 0.1) is 0 Å². The molecule has 0 rings (SSSR count). The van der Waals surface area contributed by atoms with Crippen LogP contribution < -0.4 is 11.5 Å². The van der Waals surface area contributed by atoms with Gasteiger partial charge in [-0.1, -0.05) is 110 Å². The number of hydrogen-bond acceptors (Lipinski definition) is 2. The Bertz CT molecular complexity index is 226. The van der Waals surface area contributed by atoms with Crippen LogP contribution in [0.2, 0.25) is 0 Å². The van der Waals surface area contributed by atoms with Gasteiger partial charge in [0.1, 0.15) is 0 Å². The van der Waals surface area contributed by atoms with Crippen LogP contribution in [0.1, 0.15) is 123 Å². The van der Waals surface area contributed by atoms with Gasteiger partial charge in [-0.2, -0.15) is 0 Å². The predicted molar refractivity (Wildman–Crippen MR) is 120 cm³/mol. The average Bonchev–Trinajstić information content (AvgIpc) is 2.54. The topological polar surface area (TPSA) is 52.0 Å². The quantitative estimate of drug-likeness (QED) is 0.240. The molecule has 2 atom stereocenters. The molecule has 25 heavy (non-hydrogen) atoms. The molecule has 4 heteroatoms. The first kappa shape index (κ1) is 30.2. The van der Waals surface area contributed by atoms with Gasteiger partial charge in [0.2, 0.25) is 0 Å². The lowest BCUT2D eigenvalue weighted by Gasteiger charge is -2.14. The molecular formula is C21H48Cl2N2. The first-order valence-electron chi connectivity index (χ1n) is 10.7. The van der Waals surface area contributed by atoms with Gasteiger partial charge in [-0.15, -0.1) is 24.8 Å².